The van der Waals surface area contributed by atoms with E-state index in [4.69, 9.17) is 10.8 Å². The van der Waals surface area contributed by atoms with Crippen LogP contribution in [-0.4, -0.2) is 42.2 Å². The highest BCUT2D eigenvalue weighted by Crippen LogP contribution is 2.11. The minimum absolute atomic E-state index is 0.344. The first kappa shape index (κ1) is 25.6. The van der Waals surface area contributed by atoms with Crippen molar-refractivity contribution in [2.45, 2.75) is 97.8 Å². The zero-order valence-electron chi connectivity index (χ0n) is 16.7. The van der Waals surface area contributed by atoms with Gasteiger partial charge in [-0.15, -0.1) is 0 Å². The molecule has 0 amide bonds. The van der Waals surface area contributed by atoms with E-state index in [0.717, 1.165) is 39.0 Å². The minimum Gasteiger partial charge on any atom is -0.481 e. The smallest absolute Gasteiger partial charge is 0.303 e. The Morgan fingerprint density at radius 3 is 1.50 bits per heavy atom. The Balaban J connectivity index is 0. The number of rotatable bonds is 16. The predicted molar refractivity (Wildman–Crippen MR) is 106 cm³/mol. The van der Waals surface area contributed by atoms with Crippen molar-refractivity contribution in [3.63, 3.8) is 0 Å². The highest BCUT2D eigenvalue weighted by molar-refractivity contribution is 5.66. The van der Waals surface area contributed by atoms with Gasteiger partial charge in [-0.1, -0.05) is 85.0 Å². The molecule has 0 atom stereocenters. The minimum atomic E-state index is -0.657. The number of likely N-dealkylation sites (N-methyl/N-ethyl adjacent to an activating group) is 1. The fraction of sp³-hybridized carbons (Fsp3) is 0.950. The number of unbranched alkanes of at least 4 members (excludes halogenated alkanes) is 10. The van der Waals surface area contributed by atoms with Gasteiger partial charge in [0.15, 0.2) is 0 Å². The fourth-order valence-corrected chi connectivity index (χ4v) is 2.66. The molecule has 146 valence electrons. The second kappa shape index (κ2) is 22.4. The standard InChI is InChI=1S/C14H28O2.C6H16N2/c1-2-3-4-5-6-7-8-9-10-11-12-13-14(15)16;1-3-8(4-2)6-5-7/h2-13H2,1H3,(H,15,16);3-7H2,1-2H3. The lowest BCUT2D eigenvalue weighted by molar-refractivity contribution is -0.137. The molecule has 0 bridgehead atoms. The Hall–Kier alpha value is -0.610. The van der Waals surface area contributed by atoms with Crippen LogP contribution in [0.15, 0.2) is 0 Å². The van der Waals surface area contributed by atoms with Gasteiger partial charge >= 0.3 is 5.97 Å². The highest BCUT2D eigenvalue weighted by Gasteiger charge is 1.96. The molecule has 0 rings (SSSR count). The van der Waals surface area contributed by atoms with E-state index in [-0.39, 0.29) is 0 Å². The molecule has 0 aromatic heterocycles. The summed E-state index contributed by atoms with van der Waals surface area (Å²) in [4.78, 5) is 12.6. The molecular weight excluding hydrogens is 300 g/mol. The molecule has 4 heteroatoms. The van der Waals surface area contributed by atoms with Gasteiger partial charge in [0.25, 0.3) is 0 Å². The first-order valence-electron chi connectivity index (χ1n) is 10.3. The summed E-state index contributed by atoms with van der Waals surface area (Å²) in [6.07, 6.45) is 14.4. The van der Waals surface area contributed by atoms with Crippen molar-refractivity contribution in [1.82, 2.24) is 4.90 Å². The van der Waals surface area contributed by atoms with Crippen LogP contribution in [0.3, 0.4) is 0 Å². The largest absolute Gasteiger partial charge is 0.481 e. The third kappa shape index (κ3) is 23.7. The molecule has 0 unspecified atom stereocenters. The molecule has 0 radical (unpaired) electrons. The highest BCUT2D eigenvalue weighted by atomic mass is 16.4. The molecule has 24 heavy (non-hydrogen) atoms. The first-order chi connectivity index (χ1) is 11.6. The van der Waals surface area contributed by atoms with Crippen LogP contribution in [0.2, 0.25) is 0 Å². The quantitative estimate of drug-likeness (QED) is 0.384. The fourth-order valence-electron chi connectivity index (χ4n) is 2.66. The molecule has 0 heterocycles. The lowest BCUT2D eigenvalue weighted by atomic mass is 10.1. The molecule has 0 aliphatic carbocycles. The van der Waals surface area contributed by atoms with Crippen molar-refractivity contribution in [2.24, 2.45) is 5.73 Å². The molecule has 0 saturated carbocycles. The van der Waals surface area contributed by atoms with E-state index in [2.05, 4.69) is 25.7 Å². The Bertz CT molecular complexity index is 244. The molecule has 0 spiro atoms. The summed E-state index contributed by atoms with van der Waals surface area (Å²) in [6, 6.07) is 0. The third-order valence-electron chi connectivity index (χ3n) is 4.33. The molecule has 0 aliphatic rings. The van der Waals surface area contributed by atoms with Gasteiger partial charge in [0.1, 0.15) is 0 Å². The number of nitrogens with two attached hydrogens (primary N) is 1. The second-order valence-corrected chi connectivity index (χ2v) is 6.49. The Morgan fingerprint density at radius 1 is 0.792 bits per heavy atom. The summed E-state index contributed by atoms with van der Waals surface area (Å²) in [7, 11) is 0. The monoisotopic (exact) mass is 344 g/mol. The molecule has 0 saturated heterocycles. The van der Waals surface area contributed by atoms with Crippen LogP contribution in [-0.2, 0) is 4.79 Å². The van der Waals surface area contributed by atoms with E-state index in [9.17, 15) is 4.79 Å². The number of carbonyl (C=O) groups is 1. The van der Waals surface area contributed by atoms with Gasteiger partial charge in [-0.3, -0.25) is 4.79 Å². The van der Waals surface area contributed by atoms with Crippen molar-refractivity contribution >= 4 is 5.97 Å². The number of carboxylic acid groups (broad SMARTS) is 1. The summed E-state index contributed by atoms with van der Waals surface area (Å²) in [5, 5.41) is 8.46. The van der Waals surface area contributed by atoms with Crippen molar-refractivity contribution in [1.29, 1.82) is 0 Å². The van der Waals surface area contributed by atoms with Gasteiger partial charge in [0.05, 0.1) is 0 Å². The molecule has 0 aromatic carbocycles. The Kier molecular flexibility index (Phi) is 23.9. The van der Waals surface area contributed by atoms with Gasteiger partial charge in [0.2, 0.25) is 0 Å². The van der Waals surface area contributed by atoms with E-state index >= 15 is 0 Å². The lowest BCUT2D eigenvalue weighted by Crippen LogP contribution is -2.28. The third-order valence-corrected chi connectivity index (χ3v) is 4.33. The zero-order valence-corrected chi connectivity index (χ0v) is 16.7. The summed E-state index contributed by atoms with van der Waals surface area (Å²) in [5.74, 6) is -0.657. The van der Waals surface area contributed by atoms with Crippen LogP contribution >= 0.6 is 0 Å². The Labute approximate surface area is 151 Å². The van der Waals surface area contributed by atoms with E-state index in [1.54, 1.807) is 0 Å². The maximum atomic E-state index is 10.3. The summed E-state index contributed by atoms with van der Waals surface area (Å²) >= 11 is 0. The molecule has 3 N–H and O–H groups in total. The zero-order chi connectivity index (χ0) is 18.5. The van der Waals surface area contributed by atoms with Crippen LogP contribution in [0.4, 0.5) is 0 Å². The maximum Gasteiger partial charge on any atom is 0.303 e. The van der Waals surface area contributed by atoms with Gasteiger partial charge in [-0.05, 0) is 19.5 Å². The van der Waals surface area contributed by atoms with E-state index in [1.807, 2.05) is 0 Å². The Morgan fingerprint density at radius 2 is 1.21 bits per heavy atom. The SMILES string of the molecule is CCCCCCCCCCCCCC(=O)O.CCN(CC)CCN. The maximum absolute atomic E-state index is 10.3. The van der Waals surface area contributed by atoms with Crippen molar-refractivity contribution in [3.8, 4) is 0 Å². The number of hydrogen-bond acceptors (Lipinski definition) is 3. The van der Waals surface area contributed by atoms with Crippen LogP contribution < -0.4 is 5.73 Å². The number of nitrogens with zero attached hydrogens (tertiary/aromatic N) is 1. The van der Waals surface area contributed by atoms with Crippen molar-refractivity contribution in [2.75, 3.05) is 26.2 Å². The van der Waals surface area contributed by atoms with E-state index in [0.29, 0.717) is 6.42 Å². The van der Waals surface area contributed by atoms with Crippen LogP contribution in [0.5, 0.6) is 0 Å². The molecule has 0 aliphatic heterocycles. The van der Waals surface area contributed by atoms with Gasteiger partial charge in [0, 0.05) is 19.5 Å². The lowest BCUT2D eigenvalue weighted by Gasteiger charge is -2.15. The van der Waals surface area contributed by atoms with E-state index in [1.165, 1.54) is 57.8 Å². The van der Waals surface area contributed by atoms with Crippen molar-refractivity contribution < 1.29 is 9.90 Å². The number of aliphatic carboxylic acids is 1. The van der Waals surface area contributed by atoms with Gasteiger partial charge in [-0.2, -0.15) is 0 Å². The predicted octanol–water partition coefficient (Wildman–Crippen LogP) is 5.06. The topological polar surface area (TPSA) is 66.6 Å². The molecule has 0 fully saturated rings. The van der Waals surface area contributed by atoms with Crippen LogP contribution in [0, 0.1) is 0 Å². The number of hydrogen-bond donors (Lipinski definition) is 2. The molecule has 4 nitrogen and oxygen atoms in total. The summed E-state index contributed by atoms with van der Waals surface area (Å²) < 4.78 is 0. The summed E-state index contributed by atoms with van der Waals surface area (Å²) in [6.45, 7) is 10.6. The van der Waals surface area contributed by atoms with Crippen molar-refractivity contribution in [3.05, 3.63) is 0 Å². The second-order valence-electron chi connectivity index (χ2n) is 6.49. The normalized spacial score (nSPS) is 10.5. The molecular formula is C20H44N2O2. The van der Waals surface area contributed by atoms with Crippen LogP contribution in [0.25, 0.3) is 0 Å². The average molecular weight is 345 g/mol. The van der Waals surface area contributed by atoms with Crippen LogP contribution in [0.1, 0.15) is 97.8 Å². The number of carboxylic acids is 1. The summed E-state index contributed by atoms with van der Waals surface area (Å²) in [5.41, 5.74) is 5.34. The average Bonchev–Trinajstić information content (AvgIpc) is 2.58. The van der Waals surface area contributed by atoms with Gasteiger partial charge < -0.3 is 15.7 Å². The van der Waals surface area contributed by atoms with Gasteiger partial charge in [-0.25, -0.2) is 0 Å². The first-order valence-corrected chi connectivity index (χ1v) is 10.3. The molecule has 0 aromatic rings. The van der Waals surface area contributed by atoms with E-state index < -0.39 is 5.97 Å².